The summed E-state index contributed by atoms with van der Waals surface area (Å²) in [6, 6.07) is 9.20. The van der Waals surface area contributed by atoms with Crippen molar-refractivity contribution in [1.29, 1.82) is 0 Å². The number of hydrogen-bond acceptors (Lipinski definition) is 0. The van der Waals surface area contributed by atoms with E-state index in [4.69, 9.17) is 0 Å². The molecule has 0 spiro atoms. The van der Waals surface area contributed by atoms with Crippen LogP contribution in [0.15, 0.2) is 36.4 Å². The standard InChI is InChI=1S/C28H29F5/c1-2-3-4-5-6-17-7-12-22(23(29)13-17)19-10-8-18(9-11-19)20-14-21-16-25(31)27(32)28(33)26(21)24(30)15-20/h7,12-16,18-19H,2-6,8-11H2,1H3. The molecule has 1 aliphatic carbocycles. The summed E-state index contributed by atoms with van der Waals surface area (Å²) in [6.07, 6.45) is 8.45. The smallest absolute Gasteiger partial charge is 0.195 e. The van der Waals surface area contributed by atoms with Crippen LogP contribution >= 0.6 is 0 Å². The van der Waals surface area contributed by atoms with Crippen molar-refractivity contribution >= 4 is 10.8 Å². The zero-order valence-corrected chi connectivity index (χ0v) is 18.9. The summed E-state index contributed by atoms with van der Waals surface area (Å²) < 4.78 is 70.5. The minimum Gasteiger partial charge on any atom is -0.207 e. The summed E-state index contributed by atoms with van der Waals surface area (Å²) in [4.78, 5) is 0. The molecule has 1 aliphatic rings. The van der Waals surface area contributed by atoms with Crippen LogP contribution in [0.3, 0.4) is 0 Å². The maximum Gasteiger partial charge on any atom is 0.195 e. The Morgan fingerprint density at radius 2 is 1.42 bits per heavy atom. The number of fused-ring (bicyclic) bond motifs is 1. The molecule has 1 saturated carbocycles. The molecule has 0 aliphatic heterocycles. The Labute approximate surface area is 191 Å². The molecule has 0 heterocycles. The Balaban J connectivity index is 1.45. The third-order valence-corrected chi connectivity index (χ3v) is 7.07. The molecule has 0 nitrogen and oxygen atoms in total. The molecule has 0 amide bonds. The van der Waals surface area contributed by atoms with Crippen LogP contribution in [0.25, 0.3) is 10.8 Å². The molecule has 176 valence electrons. The molecule has 1 fully saturated rings. The average Bonchev–Trinajstić information content (AvgIpc) is 2.80. The number of rotatable bonds is 7. The van der Waals surface area contributed by atoms with Crippen LogP contribution in [-0.4, -0.2) is 0 Å². The van der Waals surface area contributed by atoms with E-state index < -0.39 is 28.7 Å². The molecule has 0 saturated heterocycles. The van der Waals surface area contributed by atoms with E-state index in [1.807, 2.05) is 12.1 Å². The number of halogens is 5. The highest BCUT2D eigenvalue weighted by Gasteiger charge is 2.27. The maximum absolute atomic E-state index is 14.8. The van der Waals surface area contributed by atoms with Crippen molar-refractivity contribution in [3.05, 3.63) is 82.2 Å². The molecule has 5 heteroatoms. The minimum atomic E-state index is -1.66. The van der Waals surface area contributed by atoms with Gasteiger partial charge in [0.2, 0.25) is 0 Å². The second-order valence-corrected chi connectivity index (χ2v) is 9.30. The van der Waals surface area contributed by atoms with Gasteiger partial charge < -0.3 is 0 Å². The first-order valence-electron chi connectivity index (χ1n) is 11.9. The SMILES string of the molecule is CCCCCCc1ccc(C2CCC(c3cc(F)c4c(F)c(F)c(F)cc4c3)CC2)c(F)c1. The first-order valence-corrected chi connectivity index (χ1v) is 11.9. The van der Waals surface area contributed by atoms with Crippen LogP contribution in [0.4, 0.5) is 22.0 Å². The van der Waals surface area contributed by atoms with Gasteiger partial charge in [-0.3, -0.25) is 0 Å². The quantitative estimate of drug-likeness (QED) is 0.187. The van der Waals surface area contributed by atoms with Crippen LogP contribution in [0.5, 0.6) is 0 Å². The molecule has 0 aromatic heterocycles. The highest BCUT2D eigenvalue weighted by molar-refractivity contribution is 5.84. The lowest BCUT2D eigenvalue weighted by Crippen LogP contribution is -2.14. The van der Waals surface area contributed by atoms with Gasteiger partial charge in [0, 0.05) is 0 Å². The average molecular weight is 461 g/mol. The molecule has 4 rings (SSSR count). The minimum absolute atomic E-state index is 0.0113. The summed E-state index contributed by atoms with van der Waals surface area (Å²) in [5.41, 5.74) is 2.41. The molecular formula is C28H29F5. The van der Waals surface area contributed by atoms with Gasteiger partial charge in [-0.1, -0.05) is 44.4 Å². The molecular weight excluding hydrogens is 431 g/mol. The molecule has 0 unspecified atom stereocenters. The Kier molecular flexibility index (Phi) is 7.35. The van der Waals surface area contributed by atoms with E-state index in [0.717, 1.165) is 62.1 Å². The molecule has 0 bridgehead atoms. The van der Waals surface area contributed by atoms with Crippen molar-refractivity contribution in [2.75, 3.05) is 0 Å². The van der Waals surface area contributed by atoms with E-state index in [9.17, 15) is 22.0 Å². The van der Waals surface area contributed by atoms with Crippen molar-refractivity contribution in [3.63, 3.8) is 0 Å². The van der Waals surface area contributed by atoms with Crippen LogP contribution < -0.4 is 0 Å². The highest BCUT2D eigenvalue weighted by atomic mass is 19.2. The lowest BCUT2D eigenvalue weighted by Gasteiger charge is -2.29. The van der Waals surface area contributed by atoms with Gasteiger partial charge >= 0.3 is 0 Å². The van der Waals surface area contributed by atoms with Crippen LogP contribution in [0, 0.1) is 29.1 Å². The molecule has 3 aromatic rings. The van der Waals surface area contributed by atoms with Crippen molar-refractivity contribution in [2.45, 2.75) is 76.5 Å². The monoisotopic (exact) mass is 460 g/mol. The highest BCUT2D eigenvalue weighted by Crippen LogP contribution is 2.42. The zero-order chi connectivity index (χ0) is 23.5. The third-order valence-electron chi connectivity index (χ3n) is 7.07. The Morgan fingerprint density at radius 3 is 2.12 bits per heavy atom. The third kappa shape index (κ3) is 5.07. The first kappa shape index (κ1) is 23.7. The number of unbranched alkanes of at least 4 members (excludes halogenated alkanes) is 3. The molecule has 0 N–H and O–H groups in total. The van der Waals surface area contributed by atoms with Gasteiger partial charge in [-0.25, -0.2) is 22.0 Å². The number of benzene rings is 3. The maximum atomic E-state index is 14.8. The van der Waals surface area contributed by atoms with Crippen molar-refractivity contribution < 1.29 is 22.0 Å². The van der Waals surface area contributed by atoms with Gasteiger partial charge in [-0.05, 0) is 90.6 Å². The van der Waals surface area contributed by atoms with Gasteiger partial charge in [-0.2, -0.15) is 0 Å². The summed E-state index contributed by atoms with van der Waals surface area (Å²) in [5.74, 6) is -5.42. The van der Waals surface area contributed by atoms with Gasteiger partial charge in [0.05, 0.1) is 5.39 Å². The fourth-order valence-electron chi connectivity index (χ4n) is 5.20. The Morgan fingerprint density at radius 1 is 0.697 bits per heavy atom. The van der Waals surface area contributed by atoms with Gasteiger partial charge in [0.25, 0.3) is 0 Å². The molecule has 0 radical (unpaired) electrons. The van der Waals surface area contributed by atoms with Gasteiger partial charge in [-0.15, -0.1) is 0 Å². The lowest BCUT2D eigenvalue weighted by atomic mass is 9.75. The van der Waals surface area contributed by atoms with E-state index >= 15 is 0 Å². The fraction of sp³-hybridized carbons (Fsp3) is 0.429. The van der Waals surface area contributed by atoms with E-state index in [0.29, 0.717) is 5.56 Å². The number of aryl methyl sites for hydroxylation is 1. The Hall–Kier alpha value is -2.43. The summed E-state index contributed by atoms with van der Waals surface area (Å²) in [6.45, 7) is 2.17. The van der Waals surface area contributed by atoms with Crippen LogP contribution in [0.1, 0.15) is 86.8 Å². The van der Waals surface area contributed by atoms with Crippen LogP contribution in [-0.2, 0) is 6.42 Å². The van der Waals surface area contributed by atoms with Crippen LogP contribution in [0.2, 0.25) is 0 Å². The predicted octanol–water partition coefficient (Wildman–Crippen LogP) is 9.10. The van der Waals surface area contributed by atoms with E-state index in [1.165, 1.54) is 18.9 Å². The normalized spacial score (nSPS) is 18.7. The summed E-state index contributed by atoms with van der Waals surface area (Å²) in [5, 5.41) is -0.507. The van der Waals surface area contributed by atoms with Crippen molar-refractivity contribution in [3.8, 4) is 0 Å². The van der Waals surface area contributed by atoms with E-state index in [2.05, 4.69) is 6.92 Å². The summed E-state index contributed by atoms with van der Waals surface area (Å²) >= 11 is 0. The molecule has 3 aromatic carbocycles. The first-order chi connectivity index (χ1) is 15.9. The number of hydrogen-bond donors (Lipinski definition) is 0. The topological polar surface area (TPSA) is 0 Å². The Bertz CT molecular complexity index is 1130. The fourth-order valence-corrected chi connectivity index (χ4v) is 5.20. The molecule has 33 heavy (non-hydrogen) atoms. The second kappa shape index (κ2) is 10.2. The summed E-state index contributed by atoms with van der Waals surface area (Å²) in [7, 11) is 0. The van der Waals surface area contributed by atoms with Crippen molar-refractivity contribution in [2.24, 2.45) is 0 Å². The predicted molar refractivity (Wildman–Crippen MR) is 122 cm³/mol. The van der Waals surface area contributed by atoms with Gasteiger partial charge in [0.15, 0.2) is 17.5 Å². The van der Waals surface area contributed by atoms with Crippen molar-refractivity contribution in [1.82, 2.24) is 0 Å². The van der Waals surface area contributed by atoms with E-state index in [1.54, 1.807) is 12.1 Å². The van der Waals surface area contributed by atoms with E-state index in [-0.39, 0.29) is 23.0 Å². The largest absolute Gasteiger partial charge is 0.207 e. The van der Waals surface area contributed by atoms with Gasteiger partial charge in [0.1, 0.15) is 11.6 Å². The zero-order valence-electron chi connectivity index (χ0n) is 18.9. The lowest BCUT2D eigenvalue weighted by molar-refractivity contribution is 0.387. The second-order valence-electron chi connectivity index (χ2n) is 9.30. The molecule has 0 atom stereocenters.